The molecule has 102 valence electrons. The molecule has 1 N–H and O–H groups in total. The Bertz CT molecular complexity index is 345. The zero-order valence-electron chi connectivity index (χ0n) is 11.2. The van der Waals surface area contributed by atoms with Crippen molar-refractivity contribution in [3.63, 3.8) is 0 Å². The van der Waals surface area contributed by atoms with Crippen LogP contribution in [-0.2, 0) is 11.3 Å². The van der Waals surface area contributed by atoms with Crippen LogP contribution in [0.3, 0.4) is 0 Å². The predicted octanol–water partition coefficient (Wildman–Crippen LogP) is 2.68. The molecule has 0 saturated carbocycles. The van der Waals surface area contributed by atoms with E-state index in [0.29, 0.717) is 6.10 Å². The molecule has 2 rings (SSSR count). The highest BCUT2D eigenvalue weighted by Gasteiger charge is 2.17. The third kappa shape index (κ3) is 3.82. The number of rotatable bonds is 6. The largest absolute Gasteiger partial charge is 0.388 e. The number of nitrogens with zero attached hydrogens (tertiary/aromatic N) is 2. The van der Waals surface area contributed by atoms with E-state index in [-0.39, 0.29) is 0 Å². The number of hydrogen-bond donors (Lipinski definition) is 1. The van der Waals surface area contributed by atoms with Gasteiger partial charge in [0.1, 0.15) is 0 Å². The fourth-order valence-corrected chi connectivity index (χ4v) is 2.45. The van der Waals surface area contributed by atoms with E-state index in [1.807, 2.05) is 10.9 Å². The highest BCUT2D eigenvalue weighted by atomic mass is 16.5. The second-order valence-electron chi connectivity index (χ2n) is 5.12. The van der Waals surface area contributed by atoms with Gasteiger partial charge >= 0.3 is 0 Å². The van der Waals surface area contributed by atoms with Gasteiger partial charge < -0.3 is 9.84 Å². The van der Waals surface area contributed by atoms with Crippen molar-refractivity contribution >= 4 is 0 Å². The van der Waals surface area contributed by atoms with Gasteiger partial charge in [-0.05, 0) is 38.5 Å². The highest BCUT2D eigenvalue weighted by Crippen LogP contribution is 2.23. The molecule has 1 saturated heterocycles. The van der Waals surface area contributed by atoms with Crippen molar-refractivity contribution in [1.82, 2.24) is 9.78 Å². The fraction of sp³-hybridized carbons (Fsp3) is 0.786. The minimum Gasteiger partial charge on any atom is -0.388 e. The van der Waals surface area contributed by atoms with Crippen LogP contribution in [-0.4, -0.2) is 27.6 Å². The van der Waals surface area contributed by atoms with Crippen molar-refractivity contribution in [2.75, 3.05) is 6.61 Å². The van der Waals surface area contributed by atoms with Crippen LogP contribution in [0.15, 0.2) is 12.4 Å². The van der Waals surface area contributed by atoms with Crippen molar-refractivity contribution in [2.24, 2.45) is 0 Å². The fourth-order valence-electron chi connectivity index (χ4n) is 2.45. The molecular weight excluding hydrogens is 228 g/mol. The quantitative estimate of drug-likeness (QED) is 0.846. The number of aryl methyl sites for hydroxylation is 1. The SMILES string of the molecule is CCCn1cc(C(O)CCC2CCCCO2)cn1. The second-order valence-corrected chi connectivity index (χ2v) is 5.12. The van der Waals surface area contributed by atoms with Crippen LogP contribution in [0.1, 0.15) is 57.1 Å². The second kappa shape index (κ2) is 6.90. The van der Waals surface area contributed by atoms with Crippen LogP contribution < -0.4 is 0 Å². The van der Waals surface area contributed by atoms with Gasteiger partial charge in [0.25, 0.3) is 0 Å². The van der Waals surface area contributed by atoms with E-state index in [2.05, 4.69) is 12.0 Å². The first-order chi connectivity index (χ1) is 8.79. The summed E-state index contributed by atoms with van der Waals surface area (Å²) in [6.07, 6.45) is 10.0. The molecule has 0 radical (unpaired) electrons. The van der Waals surface area contributed by atoms with E-state index in [4.69, 9.17) is 4.74 Å². The molecule has 18 heavy (non-hydrogen) atoms. The predicted molar refractivity (Wildman–Crippen MR) is 70.3 cm³/mol. The Hall–Kier alpha value is -0.870. The summed E-state index contributed by atoms with van der Waals surface area (Å²) >= 11 is 0. The van der Waals surface area contributed by atoms with E-state index in [0.717, 1.165) is 44.4 Å². The first-order valence-corrected chi connectivity index (χ1v) is 7.11. The molecule has 0 aromatic carbocycles. The molecule has 1 aliphatic rings. The van der Waals surface area contributed by atoms with Gasteiger partial charge in [-0.25, -0.2) is 0 Å². The van der Waals surface area contributed by atoms with Crippen LogP contribution in [0, 0.1) is 0 Å². The Morgan fingerprint density at radius 2 is 2.44 bits per heavy atom. The minimum atomic E-state index is -0.402. The van der Waals surface area contributed by atoms with Gasteiger partial charge in [0.15, 0.2) is 0 Å². The summed E-state index contributed by atoms with van der Waals surface area (Å²) in [4.78, 5) is 0. The Morgan fingerprint density at radius 1 is 1.56 bits per heavy atom. The van der Waals surface area contributed by atoms with Crippen LogP contribution in [0.4, 0.5) is 0 Å². The van der Waals surface area contributed by atoms with E-state index in [1.54, 1.807) is 6.20 Å². The lowest BCUT2D eigenvalue weighted by atomic mass is 10.0. The molecule has 0 amide bonds. The molecule has 2 unspecified atom stereocenters. The van der Waals surface area contributed by atoms with Crippen molar-refractivity contribution in [3.05, 3.63) is 18.0 Å². The third-order valence-electron chi connectivity index (χ3n) is 3.53. The van der Waals surface area contributed by atoms with E-state index in [1.165, 1.54) is 12.8 Å². The van der Waals surface area contributed by atoms with Gasteiger partial charge in [-0.3, -0.25) is 4.68 Å². The molecule has 4 heteroatoms. The van der Waals surface area contributed by atoms with Gasteiger partial charge in [-0.2, -0.15) is 5.10 Å². The molecular formula is C14H24N2O2. The zero-order valence-corrected chi connectivity index (χ0v) is 11.2. The molecule has 1 aromatic heterocycles. The molecule has 4 nitrogen and oxygen atoms in total. The smallest absolute Gasteiger partial charge is 0.0821 e. The summed E-state index contributed by atoms with van der Waals surface area (Å²) in [6, 6.07) is 0. The molecule has 1 aliphatic heterocycles. The van der Waals surface area contributed by atoms with Crippen molar-refractivity contribution in [2.45, 2.75) is 64.2 Å². The summed E-state index contributed by atoms with van der Waals surface area (Å²) < 4.78 is 7.57. The average molecular weight is 252 g/mol. The number of ether oxygens (including phenoxy) is 1. The monoisotopic (exact) mass is 252 g/mol. The van der Waals surface area contributed by atoms with Crippen LogP contribution in [0.25, 0.3) is 0 Å². The standard InChI is InChI=1S/C14H24N2O2/c1-2-8-16-11-12(10-15-16)14(17)7-6-13-5-3-4-9-18-13/h10-11,13-14,17H,2-9H2,1H3. The van der Waals surface area contributed by atoms with Crippen molar-refractivity contribution < 1.29 is 9.84 Å². The first kappa shape index (κ1) is 13.6. The normalized spacial score (nSPS) is 22.0. The minimum absolute atomic E-state index is 0.346. The maximum Gasteiger partial charge on any atom is 0.0821 e. The summed E-state index contributed by atoms with van der Waals surface area (Å²) in [6.45, 7) is 3.92. The van der Waals surface area contributed by atoms with Crippen molar-refractivity contribution in [3.8, 4) is 0 Å². The Labute approximate surface area is 109 Å². The molecule has 0 aliphatic carbocycles. The lowest BCUT2D eigenvalue weighted by molar-refractivity contribution is 0.00212. The molecule has 0 bridgehead atoms. The number of aliphatic hydroxyl groups excluding tert-OH is 1. The summed E-state index contributed by atoms with van der Waals surface area (Å²) in [5, 5.41) is 14.4. The molecule has 1 aromatic rings. The Kier molecular flexibility index (Phi) is 5.20. The van der Waals surface area contributed by atoms with E-state index >= 15 is 0 Å². The highest BCUT2D eigenvalue weighted by molar-refractivity contribution is 5.07. The summed E-state index contributed by atoms with van der Waals surface area (Å²) in [7, 11) is 0. The molecule has 2 atom stereocenters. The summed E-state index contributed by atoms with van der Waals surface area (Å²) in [5.41, 5.74) is 0.930. The third-order valence-corrected chi connectivity index (χ3v) is 3.53. The lowest BCUT2D eigenvalue weighted by Gasteiger charge is -2.23. The van der Waals surface area contributed by atoms with Gasteiger partial charge in [0.05, 0.1) is 18.4 Å². The Morgan fingerprint density at radius 3 is 3.17 bits per heavy atom. The zero-order chi connectivity index (χ0) is 12.8. The van der Waals surface area contributed by atoms with Gasteiger partial charge in [0.2, 0.25) is 0 Å². The van der Waals surface area contributed by atoms with Crippen LogP contribution >= 0.6 is 0 Å². The Balaban J connectivity index is 1.77. The number of hydrogen-bond acceptors (Lipinski definition) is 3. The van der Waals surface area contributed by atoms with E-state index < -0.39 is 6.10 Å². The summed E-state index contributed by atoms with van der Waals surface area (Å²) in [5.74, 6) is 0. The number of aliphatic hydroxyl groups is 1. The maximum atomic E-state index is 10.1. The molecule has 0 spiro atoms. The maximum absolute atomic E-state index is 10.1. The number of aromatic nitrogens is 2. The van der Waals surface area contributed by atoms with Crippen molar-refractivity contribution in [1.29, 1.82) is 0 Å². The van der Waals surface area contributed by atoms with Gasteiger partial charge in [-0.1, -0.05) is 6.92 Å². The van der Waals surface area contributed by atoms with Crippen LogP contribution in [0.5, 0.6) is 0 Å². The average Bonchev–Trinajstić information content (AvgIpc) is 2.86. The first-order valence-electron chi connectivity index (χ1n) is 7.11. The van der Waals surface area contributed by atoms with Gasteiger partial charge in [0, 0.05) is 24.9 Å². The molecule has 1 fully saturated rings. The molecule has 2 heterocycles. The topological polar surface area (TPSA) is 47.3 Å². The van der Waals surface area contributed by atoms with Crippen LogP contribution in [0.2, 0.25) is 0 Å². The van der Waals surface area contributed by atoms with E-state index in [9.17, 15) is 5.11 Å². The van der Waals surface area contributed by atoms with Gasteiger partial charge in [-0.15, -0.1) is 0 Å². The lowest BCUT2D eigenvalue weighted by Crippen LogP contribution is -2.19.